The van der Waals surface area contributed by atoms with Crippen LogP contribution in [0.5, 0.6) is 0 Å². The molecule has 0 spiro atoms. The van der Waals surface area contributed by atoms with E-state index in [2.05, 4.69) is 83.8 Å². The molecule has 0 N–H and O–H groups in total. The lowest BCUT2D eigenvalue weighted by molar-refractivity contribution is 1.16. The SMILES string of the molecule is c1ccc(-c2cc(-c3ccccc3)nc(-c3ccc(-c4cc(-c5ccccn5)nc(-c5cccc(-c6cc(-c7ccccc7)nc(-c7ccccc7)n6)n5)c4)cc3)n2)cc1. The van der Waals surface area contributed by atoms with Crippen LogP contribution < -0.4 is 0 Å². The summed E-state index contributed by atoms with van der Waals surface area (Å²) in [6, 6.07) is 69.1. The fourth-order valence-corrected chi connectivity index (χ4v) is 7.15. The molecule has 10 aromatic rings. The highest BCUT2D eigenvalue weighted by atomic mass is 14.9. The van der Waals surface area contributed by atoms with Crippen molar-refractivity contribution >= 4 is 0 Å². The molecule has 5 aromatic heterocycles. The first-order valence-electron chi connectivity index (χ1n) is 19.7. The minimum absolute atomic E-state index is 0.633. The van der Waals surface area contributed by atoms with Crippen molar-refractivity contribution in [3.8, 4) is 102 Å². The van der Waals surface area contributed by atoms with E-state index in [1.807, 2.05) is 127 Å². The molecule has 282 valence electrons. The van der Waals surface area contributed by atoms with Gasteiger partial charge in [0.15, 0.2) is 11.6 Å². The van der Waals surface area contributed by atoms with Gasteiger partial charge >= 0.3 is 0 Å². The Bertz CT molecular complexity index is 2940. The molecule has 7 heteroatoms. The molecule has 7 nitrogen and oxygen atoms in total. The molecule has 0 radical (unpaired) electrons. The quantitative estimate of drug-likeness (QED) is 0.144. The molecule has 0 bridgehead atoms. The van der Waals surface area contributed by atoms with Gasteiger partial charge in [-0.15, -0.1) is 0 Å². The average Bonchev–Trinajstić information content (AvgIpc) is 3.35. The van der Waals surface area contributed by atoms with Crippen molar-refractivity contribution < 1.29 is 0 Å². The number of hydrogen-bond donors (Lipinski definition) is 0. The lowest BCUT2D eigenvalue weighted by Crippen LogP contribution is -1.98. The van der Waals surface area contributed by atoms with Gasteiger partial charge in [-0.1, -0.05) is 158 Å². The summed E-state index contributed by atoms with van der Waals surface area (Å²) in [5.74, 6) is 1.29. The van der Waals surface area contributed by atoms with Crippen LogP contribution in [0.4, 0.5) is 0 Å². The van der Waals surface area contributed by atoms with Gasteiger partial charge in [0.2, 0.25) is 0 Å². The highest BCUT2D eigenvalue weighted by Crippen LogP contribution is 2.33. The van der Waals surface area contributed by atoms with E-state index in [-0.39, 0.29) is 0 Å². The average molecular weight is 770 g/mol. The van der Waals surface area contributed by atoms with Crippen molar-refractivity contribution in [3.05, 3.63) is 212 Å². The van der Waals surface area contributed by atoms with E-state index in [0.29, 0.717) is 28.7 Å². The number of hydrogen-bond acceptors (Lipinski definition) is 7. The molecule has 10 rings (SSSR count). The van der Waals surface area contributed by atoms with Gasteiger partial charge in [-0.2, -0.15) is 0 Å². The summed E-state index contributed by atoms with van der Waals surface area (Å²) in [4.78, 5) is 35.1. The van der Waals surface area contributed by atoms with Crippen LogP contribution >= 0.6 is 0 Å². The van der Waals surface area contributed by atoms with Crippen LogP contribution in [0.25, 0.3) is 102 Å². The van der Waals surface area contributed by atoms with Gasteiger partial charge in [0.25, 0.3) is 0 Å². The summed E-state index contributed by atoms with van der Waals surface area (Å²) in [5.41, 5.74) is 13.8. The lowest BCUT2D eigenvalue weighted by atomic mass is 10.0. The largest absolute Gasteiger partial charge is 0.255 e. The third-order valence-electron chi connectivity index (χ3n) is 10.2. The number of rotatable bonds is 9. The predicted molar refractivity (Wildman–Crippen MR) is 240 cm³/mol. The molecule has 0 amide bonds. The number of nitrogens with zero attached hydrogens (tertiary/aromatic N) is 7. The van der Waals surface area contributed by atoms with Crippen LogP contribution in [0.1, 0.15) is 0 Å². The van der Waals surface area contributed by atoms with Crippen molar-refractivity contribution in [3.63, 3.8) is 0 Å². The highest BCUT2D eigenvalue weighted by molar-refractivity contribution is 5.78. The Morgan fingerprint density at radius 3 is 1.07 bits per heavy atom. The smallest absolute Gasteiger partial charge is 0.160 e. The maximum atomic E-state index is 5.18. The molecule has 60 heavy (non-hydrogen) atoms. The van der Waals surface area contributed by atoms with E-state index in [4.69, 9.17) is 29.9 Å². The predicted octanol–water partition coefficient (Wildman–Crippen LogP) is 12.5. The Kier molecular flexibility index (Phi) is 9.79. The summed E-state index contributed by atoms with van der Waals surface area (Å²) in [6.07, 6.45) is 1.79. The number of aromatic nitrogens is 7. The minimum atomic E-state index is 0.633. The van der Waals surface area contributed by atoms with Crippen molar-refractivity contribution in [1.29, 1.82) is 0 Å². The minimum Gasteiger partial charge on any atom is -0.255 e. The summed E-state index contributed by atoms with van der Waals surface area (Å²) in [6.45, 7) is 0. The van der Waals surface area contributed by atoms with Gasteiger partial charge in [0.1, 0.15) is 0 Å². The van der Waals surface area contributed by atoms with Crippen LogP contribution in [0.15, 0.2) is 212 Å². The molecule has 5 aromatic carbocycles. The third kappa shape index (κ3) is 7.71. The van der Waals surface area contributed by atoms with Crippen molar-refractivity contribution in [2.24, 2.45) is 0 Å². The number of benzene rings is 5. The molecule has 5 heterocycles. The fraction of sp³-hybridized carbons (Fsp3) is 0. The van der Waals surface area contributed by atoms with E-state index in [1.54, 1.807) is 6.20 Å². The van der Waals surface area contributed by atoms with Crippen LogP contribution in [0, 0.1) is 0 Å². The Hall–Kier alpha value is -8.29. The summed E-state index contributed by atoms with van der Waals surface area (Å²) >= 11 is 0. The first-order valence-corrected chi connectivity index (χ1v) is 19.7. The zero-order chi connectivity index (χ0) is 40.1. The summed E-state index contributed by atoms with van der Waals surface area (Å²) in [7, 11) is 0. The fourth-order valence-electron chi connectivity index (χ4n) is 7.15. The Morgan fingerprint density at radius 1 is 0.200 bits per heavy atom. The van der Waals surface area contributed by atoms with Gasteiger partial charge < -0.3 is 0 Å². The molecule has 0 fully saturated rings. The molecule has 0 saturated carbocycles. The Morgan fingerprint density at radius 2 is 0.567 bits per heavy atom. The highest BCUT2D eigenvalue weighted by Gasteiger charge is 2.16. The molecule has 0 saturated heterocycles. The molecular formula is C53H35N7. The Balaban J connectivity index is 1.05. The standard InChI is InChI=1S/C53H35N7/c1-5-16-37(17-6-1)46-34-47(38-18-7-2-8-19-38)58-53(57-46)41-29-27-36(28-30-41)42-32-49(43-24-13-14-31-54-43)56-50(33-42)44-25-15-26-45(55-44)51-35-48(39-20-9-3-10-21-39)59-52(60-51)40-22-11-4-12-23-40/h1-35H. The lowest BCUT2D eigenvalue weighted by Gasteiger charge is -2.12. The van der Waals surface area contributed by atoms with E-state index in [9.17, 15) is 0 Å². The molecular weight excluding hydrogens is 735 g/mol. The molecule has 0 aliphatic rings. The third-order valence-corrected chi connectivity index (χ3v) is 10.2. The molecule has 0 aliphatic carbocycles. The number of pyridine rings is 3. The normalized spacial score (nSPS) is 11.0. The van der Waals surface area contributed by atoms with Gasteiger partial charge in [-0.05, 0) is 59.7 Å². The Labute approximate surface area is 347 Å². The van der Waals surface area contributed by atoms with E-state index >= 15 is 0 Å². The molecule has 0 atom stereocenters. The molecule has 0 aliphatic heterocycles. The van der Waals surface area contributed by atoms with Crippen molar-refractivity contribution in [2.45, 2.75) is 0 Å². The van der Waals surface area contributed by atoms with Gasteiger partial charge in [0, 0.05) is 34.0 Å². The van der Waals surface area contributed by atoms with Crippen LogP contribution in [-0.2, 0) is 0 Å². The first kappa shape index (κ1) is 36.1. The molecule has 0 unspecified atom stereocenters. The van der Waals surface area contributed by atoms with Crippen molar-refractivity contribution in [1.82, 2.24) is 34.9 Å². The van der Waals surface area contributed by atoms with Crippen LogP contribution in [-0.4, -0.2) is 34.9 Å². The van der Waals surface area contributed by atoms with Gasteiger partial charge in [0.05, 0.1) is 51.2 Å². The topological polar surface area (TPSA) is 90.2 Å². The van der Waals surface area contributed by atoms with E-state index < -0.39 is 0 Å². The zero-order valence-corrected chi connectivity index (χ0v) is 32.3. The maximum absolute atomic E-state index is 5.18. The first-order chi connectivity index (χ1) is 29.7. The summed E-state index contributed by atoms with van der Waals surface area (Å²) in [5, 5.41) is 0. The monoisotopic (exact) mass is 769 g/mol. The van der Waals surface area contributed by atoms with Gasteiger partial charge in [-0.3, -0.25) is 4.98 Å². The maximum Gasteiger partial charge on any atom is 0.160 e. The second-order valence-corrected chi connectivity index (χ2v) is 14.2. The van der Waals surface area contributed by atoms with Crippen LogP contribution in [0.3, 0.4) is 0 Å². The van der Waals surface area contributed by atoms with E-state index in [1.165, 1.54) is 0 Å². The second kappa shape index (κ2) is 16.3. The van der Waals surface area contributed by atoms with Gasteiger partial charge in [-0.25, -0.2) is 29.9 Å². The second-order valence-electron chi connectivity index (χ2n) is 14.2. The van der Waals surface area contributed by atoms with Crippen LogP contribution in [0.2, 0.25) is 0 Å². The van der Waals surface area contributed by atoms with E-state index in [0.717, 1.165) is 73.1 Å². The zero-order valence-electron chi connectivity index (χ0n) is 32.3. The van der Waals surface area contributed by atoms with Crippen molar-refractivity contribution in [2.75, 3.05) is 0 Å². The summed E-state index contributed by atoms with van der Waals surface area (Å²) < 4.78 is 0.